The summed E-state index contributed by atoms with van der Waals surface area (Å²) >= 11 is 0. The largest absolute Gasteiger partial charge is 0.490 e. The molecule has 4 heteroatoms. The molecule has 2 aromatic carbocycles. The molecule has 0 radical (unpaired) electrons. The summed E-state index contributed by atoms with van der Waals surface area (Å²) in [5.74, 6) is 1.69. The molecule has 1 N–H and O–H groups in total. The lowest BCUT2D eigenvalue weighted by molar-refractivity contribution is 0.0933. The molecule has 0 spiro atoms. The molecule has 2 aliphatic rings. The zero-order chi connectivity index (χ0) is 17.1. The number of para-hydroxylation sites is 1. The first kappa shape index (κ1) is 16.0. The fraction of sp³-hybridized carbons (Fsp3) is 0.381. The van der Waals surface area contributed by atoms with Crippen LogP contribution in [0.4, 0.5) is 0 Å². The molecule has 0 bridgehead atoms. The molecule has 1 heterocycles. The van der Waals surface area contributed by atoms with Gasteiger partial charge in [0, 0.05) is 12.0 Å². The van der Waals surface area contributed by atoms with Crippen LogP contribution in [0.3, 0.4) is 0 Å². The average Bonchev–Trinajstić information content (AvgIpc) is 3.29. The van der Waals surface area contributed by atoms with Crippen molar-refractivity contribution >= 4 is 5.91 Å². The number of amides is 1. The molecule has 0 aromatic heterocycles. The van der Waals surface area contributed by atoms with Crippen molar-refractivity contribution < 1.29 is 14.3 Å². The van der Waals surface area contributed by atoms with Gasteiger partial charge in [0.2, 0.25) is 0 Å². The van der Waals surface area contributed by atoms with Crippen molar-refractivity contribution in [2.75, 3.05) is 6.54 Å². The molecule has 130 valence electrons. The number of fused-ring (bicyclic) bond motifs is 1. The highest BCUT2D eigenvalue weighted by molar-refractivity contribution is 5.94. The van der Waals surface area contributed by atoms with E-state index in [0.717, 1.165) is 30.8 Å². The average molecular weight is 337 g/mol. The van der Waals surface area contributed by atoms with Crippen LogP contribution in [0.1, 0.15) is 41.6 Å². The van der Waals surface area contributed by atoms with Crippen LogP contribution in [0.2, 0.25) is 0 Å². The molecular weight excluding hydrogens is 314 g/mol. The van der Waals surface area contributed by atoms with Crippen LogP contribution in [0, 0.1) is 0 Å². The highest BCUT2D eigenvalue weighted by atomic mass is 16.5. The van der Waals surface area contributed by atoms with Crippen LogP contribution in [-0.2, 0) is 6.42 Å². The number of hydrogen-bond donors (Lipinski definition) is 1. The van der Waals surface area contributed by atoms with Gasteiger partial charge in [0.15, 0.2) is 0 Å². The van der Waals surface area contributed by atoms with Crippen LogP contribution in [0.15, 0.2) is 48.5 Å². The summed E-state index contributed by atoms with van der Waals surface area (Å²) in [7, 11) is 0. The molecular formula is C21H23NO3. The minimum absolute atomic E-state index is 0.00585. The molecule has 4 nitrogen and oxygen atoms in total. The van der Waals surface area contributed by atoms with Gasteiger partial charge in [-0.05, 0) is 61.6 Å². The molecule has 4 rings (SSSR count). The van der Waals surface area contributed by atoms with Crippen LogP contribution in [-0.4, -0.2) is 24.7 Å². The van der Waals surface area contributed by atoms with E-state index in [4.69, 9.17) is 9.47 Å². The summed E-state index contributed by atoms with van der Waals surface area (Å²) in [5, 5.41) is 2.96. The lowest BCUT2D eigenvalue weighted by Crippen LogP contribution is -2.34. The van der Waals surface area contributed by atoms with Gasteiger partial charge in [-0.2, -0.15) is 0 Å². The second-order valence-electron chi connectivity index (χ2n) is 6.81. The number of benzene rings is 2. The van der Waals surface area contributed by atoms with Gasteiger partial charge in [-0.25, -0.2) is 0 Å². The molecule has 2 aromatic rings. The number of rotatable bonds is 5. The van der Waals surface area contributed by atoms with Crippen molar-refractivity contribution in [1.29, 1.82) is 0 Å². The minimum Gasteiger partial charge on any atom is -0.490 e. The van der Waals surface area contributed by atoms with Crippen LogP contribution in [0.5, 0.6) is 11.5 Å². The van der Waals surface area contributed by atoms with Gasteiger partial charge < -0.3 is 14.8 Å². The van der Waals surface area contributed by atoms with Gasteiger partial charge in [-0.1, -0.05) is 18.2 Å². The Kier molecular flexibility index (Phi) is 4.59. The van der Waals surface area contributed by atoms with E-state index < -0.39 is 0 Å². The molecule has 1 aliphatic carbocycles. The quantitative estimate of drug-likeness (QED) is 0.904. The van der Waals surface area contributed by atoms with E-state index in [1.165, 1.54) is 18.4 Å². The van der Waals surface area contributed by atoms with E-state index in [2.05, 4.69) is 11.4 Å². The second kappa shape index (κ2) is 7.18. The normalized spacial score (nSPS) is 19.3. The Morgan fingerprint density at radius 3 is 2.60 bits per heavy atom. The second-order valence-corrected chi connectivity index (χ2v) is 6.81. The number of ether oxygens (including phenoxy) is 2. The molecule has 0 unspecified atom stereocenters. The Hall–Kier alpha value is -2.49. The molecule has 25 heavy (non-hydrogen) atoms. The first-order valence-electron chi connectivity index (χ1n) is 9.07. The van der Waals surface area contributed by atoms with Crippen LogP contribution >= 0.6 is 0 Å². The molecule has 0 saturated heterocycles. The van der Waals surface area contributed by atoms with Crippen molar-refractivity contribution in [2.45, 2.75) is 44.3 Å². The van der Waals surface area contributed by atoms with Gasteiger partial charge in [-0.15, -0.1) is 0 Å². The summed E-state index contributed by atoms with van der Waals surface area (Å²) in [6.45, 7) is 0.508. The molecule has 1 aliphatic heterocycles. The van der Waals surface area contributed by atoms with Gasteiger partial charge in [0.25, 0.3) is 5.91 Å². The van der Waals surface area contributed by atoms with E-state index in [0.29, 0.717) is 18.2 Å². The van der Waals surface area contributed by atoms with Crippen LogP contribution in [0.25, 0.3) is 0 Å². The number of carbonyl (C=O) groups excluding carboxylic acids is 1. The lowest BCUT2D eigenvalue weighted by atomic mass is 10.1. The predicted octanol–water partition coefficient (Wildman–Crippen LogP) is 3.74. The van der Waals surface area contributed by atoms with Crippen molar-refractivity contribution in [3.05, 3.63) is 59.7 Å². The highest BCUT2D eigenvalue weighted by Gasteiger charge is 2.23. The highest BCUT2D eigenvalue weighted by Crippen LogP contribution is 2.28. The minimum atomic E-state index is -0.0769. The summed E-state index contributed by atoms with van der Waals surface area (Å²) in [5.41, 5.74) is 1.85. The molecule has 1 amide bonds. The molecule has 1 saturated carbocycles. The Balaban J connectivity index is 1.28. The third-order valence-electron chi connectivity index (χ3n) is 4.93. The summed E-state index contributed by atoms with van der Waals surface area (Å²) < 4.78 is 11.8. The van der Waals surface area contributed by atoms with Gasteiger partial charge in [-0.3, -0.25) is 4.79 Å². The number of carbonyl (C=O) groups is 1. The Morgan fingerprint density at radius 2 is 1.84 bits per heavy atom. The maximum Gasteiger partial charge on any atom is 0.251 e. The molecule has 1 atom stereocenters. The Labute approximate surface area is 148 Å². The summed E-state index contributed by atoms with van der Waals surface area (Å²) in [6.07, 6.45) is 5.94. The maximum atomic E-state index is 12.3. The van der Waals surface area contributed by atoms with Crippen molar-refractivity contribution in [3.63, 3.8) is 0 Å². The molecule has 1 fully saturated rings. The van der Waals surface area contributed by atoms with Crippen molar-refractivity contribution in [2.24, 2.45) is 0 Å². The topological polar surface area (TPSA) is 47.6 Å². The fourth-order valence-corrected chi connectivity index (χ4v) is 3.56. The smallest absolute Gasteiger partial charge is 0.251 e. The van der Waals surface area contributed by atoms with Gasteiger partial charge in [0.1, 0.15) is 17.6 Å². The van der Waals surface area contributed by atoms with E-state index in [1.807, 2.05) is 42.5 Å². The fourth-order valence-electron chi connectivity index (χ4n) is 3.56. The third kappa shape index (κ3) is 3.78. The third-order valence-corrected chi connectivity index (χ3v) is 4.93. The Morgan fingerprint density at radius 1 is 1.08 bits per heavy atom. The van der Waals surface area contributed by atoms with Crippen LogP contribution < -0.4 is 14.8 Å². The van der Waals surface area contributed by atoms with E-state index in [-0.39, 0.29) is 12.0 Å². The van der Waals surface area contributed by atoms with Crippen molar-refractivity contribution in [1.82, 2.24) is 5.32 Å². The zero-order valence-electron chi connectivity index (χ0n) is 14.2. The predicted molar refractivity (Wildman–Crippen MR) is 96.2 cm³/mol. The standard InChI is InChI=1S/C21H23NO3/c23-21(22-14-19-13-16-5-1-4-8-20(16)25-19)15-9-11-18(12-10-15)24-17-6-2-3-7-17/h1,4-5,8-12,17,19H,2-3,6-7,13-14H2,(H,22,23)/t19-/m1/s1. The first-order chi connectivity index (χ1) is 12.3. The van der Waals surface area contributed by atoms with E-state index >= 15 is 0 Å². The summed E-state index contributed by atoms with van der Waals surface area (Å²) in [6, 6.07) is 15.4. The van der Waals surface area contributed by atoms with E-state index in [9.17, 15) is 4.79 Å². The Bertz CT molecular complexity index is 710. The van der Waals surface area contributed by atoms with Gasteiger partial charge >= 0.3 is 0 Å². The maximum absolute atomic E-state index is 12.3. The zero-order valence-corrected chi connectivity index (χ0v) is 14.2. The van der Waals surface area contributed by atoms with Gasteiger partial charge in [0.05, 0.1) is 12.6 Å². The van der Waals surface area contributed by atoms with Crippen molar-refractivity contribution in [3.8, 4) is 11.5 Å². The first-order valence-corrected chi connectivity index (χ1v) is 9.07. The SMILES string of the molecule is O=C(NC[C@H]1Cc2ccccc2O1)c1ccc(OC2CCCC2)cc1. The number of nitrogens with one attached hydrogen (secondary N) is 1. The number of hydrogen-bond acceptors (Lipinski definition) is 3. The lowest BCUT2D eigenvalue weighted by Gasteiger charge is -2.14. The van der Waals surface area contributed by atoms with E-state index in [1.54, 1.807) is 0 Å². The summed E-state index contributed by atoms with van der Waals surface area (Å²) in [4.78, 5) is 12.3. The monoisotopic (exact) mass is 337 g/mol.